The van der Waals surface area contributed by atoms with Crippen molar-refractivity contribution < 1.29 is 29.4 Å². The molecule has 0 rings (SSSR count). The lowest BCUT2D eigenvalue weighted by molar-refractivity contribution is -0.145. The predicted octanol–water partition coefficient (Wildman–Crippen LogP) is -1.33. The number of aliphatic hydroxyl groups excluding tert-OH is 1. The maximum Gasteiger partial charge on any atom is 0.328 e. The van der Waals surface area contributed by atoms with Gasteiger partial charge in [-0.2, -0.15) is 0 Å². The molecular formula is C20H39N5O6. The highest BCUT2D eigenvalue weighted by atomic mass is 16.4. The molecule has 0 fully saturated rings. The third kappa shape index (κ3) is 10.1. The summed E-state index contributed by atoms with van der Waals surface area (Å²) in [7, 11) is 0. The fourth-order valence-electron chi connectivity index (χ4n) is 2.75. The average molecular weight is 446 g/mol. The maximum atomic E-state index is 12.9. The summed E-state index contributed by atoms with van der Waals surface area (Å²) in [5, 5.41) is 26.2. The lowest BCUT2D eigenvalue weighted by atomic mass is 10.00. The second-order valence-electron chi connectivity index (χ2n) is 8.41. The Bertz CT molecular complexity index is 611. The van der Waals surface area contributed by atoms with Crippen LogP contribution in [0.15, 0.2) is 0 Å². The Morgan fingerprint density at radius 3 is 1.77 bits per heavy atom. The molecule has 0 aromatic carbocycles. The number of unbranched alkanes of at least 4 members (excludes halogenated alkanes) is 1. The van der Waals surface area contributed by atoms with E-state index >= 15 is 0 Å². The van der Waals surface area contributed by atoms with Gasteiger partial charge in [-0.3, -0.25) is 14.4 Å². The second-order valence-corrected chi connectivity index (χ2v) is 8.41. The quantitative estimate of drug-likeness (QED) is 0.160. The highest BCUT2D eigenvalue weighted by Gasteiger charge is 2.33. The molecule has 0 bridgehead atoms. The molecule has 0 spiro atoms. The first-order valence-electron chi connectivity index (χ1n) is 10.6. The number of rotatable bonds is 14. The van der Waals surface area contributed by atoms with E-state index in [-0.39, 0.29) is 11.8 Å². The predicted molar refractivity (Wildman–Crippen MR) is 116 cm³/mol. The summed E-state index contributed by atoms with van der Waals surface area (Å²) in [4.78, 5) is 49.1. The second kappa shape index (κ2) is 13.9. The lowest BCUT2D eigenvalue weighted by Gasteiger charge is -2.28. The van der Waals surface area contributed by atoms with Crippen LogP contribution < -0.4 is 27.4 Å². The zero-order chi connectivity index (χ0) is 24.3. The van der Waals surface area contributed by atoms with Crippen LogP contribution >= 0.6 is 0 Å². The van der Waals surface area contributed by atoms with E-state index in [0.29, 0.717) is 25.8 Å². The van der Waals surface area contributed by atoms with Crippen molar-refractivity contribution in [2.75, 3.05) is 6.54 Å². The van der Waals surface area contributed by atoms with Crippen LogP contribution in [0.2, 0.25) is 0 Å². The van der Waals surface area contributed by atoms with Crippen molar-refractivity contribution in [3.63, 3.8) is 0 Å². The number of hydrogen-bond donors (Lipinski definition) is 7. The minimum absolute atomic E-state index is 0.129. The number of carbonyl (C=O) groups excluding carboxylic acids is 3. The average Bonchev–Trinajstić information content (AvgIpc) is 2.67. The molecule has 11 heteroatoms. The Kier molecular flexibility index (Phi) is 12.9. The monoisotopic (exact) mass is 445 g/mol. The number of nitrogens with one attached hydrogen (secondary N) is 3. The van der Waals surface area contributed by atoms with E-state index < -0.39 is 54.0 Å². The third-order valence-corrected chi connectivity index (χ3v) is 4.89. The number of aliphatic carboxylic acids is 1. The fraction of sp³-hybridized carbons (Fsp3) is 0.800. The molecule has 9 N–H and O–H groups in total. The Hall–Kier alpha value is -2.24. The molecule has 31 heavy (non-hydrogen) atoms. The Morgan fingerprint density at radius 1 is 0.806 bits per heavy atom. The first-order valence-corrected chi connectivity index (χ1v) is 10.6. The van der Waals surface area contributed by atoms with Crippen LogP contribution in [0.5, 0.6) is 0 Å². The largest absolute Gasteiger partial charge is 0.480 e. The SMILES string of the molecule is CC(C)C(N)C(=O)NC(CCCCN)C(=O)NC(C(=O)NC(C(=O)O)C(C)O)C(C)C. The minimum Gasteiger partial charge on any atom is -0.480 e. The molecule has 180 valence electrons. The number of carboxylic acids is 1. The Labute approximate surface area is 183 Å². The van der Waals surface area contributed by atoms with E-state index in [1.54, 1.807) is 27.7 Å². The molecule has 11 nitrogen and oxygen atoms in total. The molecule has 0 radical (unpaired) electrons. The van der Waals surface area contributed by atoms with Crippen LogP contribution in [0.3, 0.4) is 0 Å². The highest BCUT2D eigenvalue weighted by Crippen LogP contribution is 2.08. The molecule has 0 aliphatic heterocycles. The molecule has 5 unspecified atom stereocenters. The summed E-state index contributed by atoms with van der Waals surface area (Å²) in [6.07, 6.45) is 0.203. The van der Waals surface area contributed by atoms with E-state index in [2.05, 4.69) is 16.0 Å². The summed E-state index contributed by atoms with van der Waals surface area (Å²) >= 11 is 0. The number of hydrogen-bond acceptors (Lipinski definition) is 7. The van der Waals surface area contributed by atoms with Crippen molar-refractivity contribution in [3.05, 3.63) is 0 Å². The maximum absolute atomic E-state index is 12.9. The lowest BCUT2D eigenvalue weighted by Crippen LogP contribution is -2.59. The molecular weight excluding hydrogens is 406 g/mol. The van der Waals surface area contributed by atoms with Crippen LogP contribution in [0, 0.1) is 11.8 Å². The van der Waals surface area contributed by atoms with Crippen molar-refractivity contribution in [1.82, 2.24) is 16.0 Å². The molecule has 3 amide bonds. The molecule has 0 aromatic rings. The third-order valence-electron chi connectivity index (χ3n) is 4.89. The van der Waals surface area contributed by atoms with Gasteiger partial charge in [0, 0.05) is 0 Å². The Morgan fingerprint density at radius 2 is 1.35 bits per heavy atom. The standard InChI is InChI=1S/C20H39N5O6/c1-10(2)14(22)18(28)23-13(8-6-7-9-21)17(27)24-15(11(3)4)19(29)25-16(12(5)26)20(30)31/h10-16,26H,6-9,21-22H2,1-5H3,(H,23,28)(H,24,27)(H,25,29)(H,30,31). The zero-order valence-electron chi connectivity index (χ0n) is 19.1. The first kappa shape index (κ1) is 28.8. The van der Waals surface area contributed by atoms with E-state index in [4.69, 9.17) is 16.6 Å². The van der Waals surface area contributed by atoms with Gasteiger partial charge >= 0.3 is 5.97 Å². The van der Waals surface area contributed by atoms with Gasteiger partial charge in [-0.25, -0.2) is 4.79 Å². The van der Waals surface area contributed by atoms with Crippen molar-refractivity contribution in [2.24, 2.45) is 23.3 Å². The zero-order valence-corrected chi connectivity index (χ0v) is 19.1. The Balaban J connectivity index is 5.42. The fourth-order valence-corrected chi connectivity index (χ4v) is 2.75. The van der Waals surface area contributed by atoms with Crippen molar-refractivity contribution in [1.29, 1.82) is 0 Å². The van der Waals surface area contributed by atoms with Crippen LogP contribution in [0.1, 0.15) is 53.9 Å². The summed E-state index contributed by atoms with van der Waals surface area (Å²) in [6, 6.07) is -4.31. The summed E-state index contributed by atoms with van der Waals surface area (Å²) < 4.78 is 0. The van der Waals surface area contributed by atoms with Gasteiger partial charge in [0.05, 0.1) is 12.1 Å². The van der Waals surface area contributed by atoms with Crippen molar-refractivity contribution >= 4 is 23.7 Å². The van der Waals surface area contributed by atoms with Crippen LogP contribution in [0.25, 0.3) is 0 Å². The van der Waals surface area contributed by atoms with Gasteiger partial charge in [0.1, 0.15) is 12.1 Å². The van der Waals surface area contributed by atoms with E-state index in [1.165, 1.54) is 6.92 Å². The molecule has 0 aliphatic rings. The number of amides is 3. The summed E-state index contributed by atoms with van der Waals surface area (Å²) in [6.45, 7) is 8.60. The van der Waals surface area contributed by atoms with Gasteiger partial charge in [0.2, 0.25) is 17.7 Å². The van der Waals surface area contributed by atoms with Gasteiger partial charge < -0.3 is 37.6 Å². The number of carboxylic acid groups (broad SMARTS) is 1. The van der Waals surface area contributed by atoms with Crippen LogP contribution in [0.4, 0.5) is 0 Å². The van der Waals surface area contributed by atoms with Crippen LogP contribution in [-0.4, -0.2) is 70.7 Å². The topological polar surface area (TPSA) is 197 Å². The van der Waals surface area contributed by atoms with Crippen molar-refractivity contribution in [2.45, 2.75) is 84.2 Å². The first-order chi connectivity index (χ1) is 14.3. The molecule has 0 heterocycles. The van der Waals surface area contributed by atoms with Gasteiger partial charge in [-0.05, 0) is 44.6 Å². The summed E-state index contributed by atoms with van der Waals surface area (Å²) in [5.74, 6) is -3.72. The van der Waals surface area contributed by atoms with E-state index in [1.807, 2.05) is 0 Å². The summed E-state index contributed by atoms with van der Waals surface area (Å²) in [5.41, 5.74) is 11.4. The van der Waals surface area contributed by atoms with E-state index in [9.17, 15) is 24.3 Å². The number of nitrogens with two attached hydrogens (primary N) is 2. The van der Waals surface area contributed by atoms with Gasteiger partial charge in [0.25, 0.3) is 0 Å². The smallest absolute Gasteiger partial charge is 0.328 e. The number of carbonyl (C=O) groups is 4. The number of aliphatic hydroxyl groups is 1. The van der Waals surface area contributed by atoms with Crippen LogP contribution in [-0.2, 0) is 19.2 Å². The van der Waals surface area contributed by atoms with Gasteiger partial charge in [0.15, 0.2) is 6.04 Å². The molecule has 0 saturated carbocycles. The molecule has 0 aromatic heterocycles. The molecule has 5 atom stereocenters. The van der Waals surface area contributed by atoms with Gasteiger partial charge in [-0.1, -0.05) is 27.7 Å². The molecule has 0 aliphatic carbocycles. The highest BCUT2D eigenvalue weighted by molar-refractivity contribution is 5.94. The normalized spacial score (nSPS) is 16.2. The van der Waals surface area contributed by atoms with Crippen molar-refractivity contribution in [3.8, 4) is 0 Å². The van der Waals surface area contributed by atoms with Gasteiger partial charge in [-0.15, -0.1) is 0 Å². The van der Waals surface area contributed by atoms with E-state index in [0.717, 1.165) is 0 Å². The minimum atomic E-state index is -1.52. The molecule has 0 saturated heterocycles.